The summed E-state index contributed by atoms with van der Waals surface area (Å²) in [5, 5.41) is 17.8. The predicted octanol–water partition coefficient (Wildman–Crippen LogP) is 1.05. The Hall–Kier alpha value is -1.31. The second-order valence-corrected chi connectivity index (χ2v) is 6.01. The van der Waals surface area contributed by atoms with Gasteiger partial charge in [-0.15, -0.1) is 0 Å². The number of unbranched alkanes of at least 4 members (excludes halogenated alkanes) is 1. The van der Waals surface area contributed by atoms with E-state index in [9.17, 15) is 26.7 Å². The van der Waals surface area contributed by atoms with Gasteiger partial charge >= 0.3 is 6.18 Å². The molecule has 21 heavy (non-hydrogen) atoms. The number of nitrogens with zero attached hydrogens (tertiary/aromatic N) is 1. The van der Waals surface area contributed by atoms with E-state index in [2.05, 4.69) is 4.74 Å². The van der Waals surface area contributed by atoms with Gasteiger partial charge in [-0.25, -0.2) is 13.1 Å². The van der Waals surface area contributed by atoms with Crippen molar-refractivity contribution in [3.05, 3.63) is 12.3 Å². The van der Waals surface area contributed by atoms with E-state index in [1.807, 2.05) is 0 Å². The molecule has 1 atom stereocenters. The normalized spacial score (nSPS) is 15.6. The van der Waals surface area contributed by atoms with E-state index in [4.69, 9.17) is 5.26 Å². The highest BCUT2D eigenvalue weighted by Gasteiger charge is 2.52. The Labute approximate surface area is 121 Å². The Balaban J connectivity index is 4.82. The molecule has 0 aromatic carbocycles. The van der Waals surface area contributed by atoms with Gasteiger partial charge in [-0.2, -0.15) is 18.4 Å². The van der Waals surface area contributed by atoms with Crippen LogP contribution in [0.5, 0.6) is 0 Å². The molecule has 0 aliphatic carbocycles. The Kier molecular flexibility index (Phi) is 7.70. The molecule has 0 spiro atoms. The molecular formula is C11H17F3N2O4S. The second kappa shape index (κ2) is 8.21. The molecule has 0 heterocycles. The number of rotatable bonds is 9. The number of aliphatic hydroxyl groups is 1. The Morgan fingerprint density at radius 3 is 2.52 bits per heavy atom. The van der Waals surface area contributed by atoms with E-state index in [-0.39, 0.29) is 19.4 Å². The first-order valence-electron chi connectivity index (χ1n) is 6.00. The van der Waals surface area contributed by atoms with Gasteiger partial charge in [-0.1, -0.05) is 0 Å². The van der Waals surface area contributed by atoms with Gasteiger partial charge in [0.25, 0.3) is 0 Å². The molecule has 0 radical (unpaired) electrons. The fourth-order valence-electron chi connectivity index (χ4n) is 1.14. The van der Waals surface area contributed by atoms with Gasteiger partial charge in [0.1, 0.15) is 0 Å². The van der Waals surface area contributed by atoms with Crippen LogP contribution in [0.3, 0.4) is 0 Å². The minimum Gasteiger partial charge on any atom is -0.502 e. The zero-order valence-electron chi connectivity index (χ0n) is 11.4. The number of nitrogens with one attached hydrogen (secondary N) is 1. The SMILES string of the molecule is CCO/C=C/C(O)(CNS(=O)(=O)CCCC#N)C(F)(F)F. The molecule has 0 aromatic rings. The first-order valence-corrected chi connectivity index (χ1v) is 7.66. The molecule has 122 valence electrons. The molecule has 0 aromatic heterocycles. The van der Waals surface area contributed by atoms with Gasteiger partial charge in [0, 0.05) is 6.42 Å². The number of halogens is 3. The third kappa shape index (κ3) is 7.31. The van der Waals surface area contributed by atoms with Crippen LogP contribution < -0.4 is 4.72 Å². The van der Waals surface area contributed by atoms with Crippen molar-refractivity contribution < 1.29 is 31.4 Å². The summed E-state index contributed by atoms with van der Waals surface area (Å²) in [5.74, 6) is -0.496. The lowest BCUT2D eigenvalue weighted by molar-refractivity contribution is -0.236. The number of ether oxygens (including phenoxy) is 1. The van der Waals surface area contributed by atoms with Gasteiger partial charge in [0.05, 0.1) is 31.2 Å². The summed E-state index contributed by atoms with van der Waals surface area (Å²) in [6.45, 7) is 0.369. The Morgan fingerprint density at radius 1 is 1.43 bits per heavy atom. The van der Waals surface area contributed by atoms with Gasteiger partial charge in [-0.3, -0.25) is 0 Å². The molecule has 10 heteroatoms. The van der Waals surface area contributed by atoms with Crippen molar-refractivity contribution in [2.24, 2.45) is 0 Å². The van der Waals surface area contributed by atoms with Crippen molar-refractivity contribution in [3.63, 3.8) is 0 Å². The molecule has 0 amide bonds. The Bertz CT molecular complexity index is 485. The summed E-state index contributed by atoms with van der Waals surface area (Å²) >= 11 is 0. The molecule has 0 saturated carbocycles. The largest absolute Gasteiger partial charge is 0.502 e. The lowest BCUT2D eigenvalue weighted by Crippen LogP contribution is -2.52. The third-order valence-electron chi connectivity index (χ3n) is 2.36. The number of nitriles is 1. The summed E-state index contributed by atoms with van der Waals surface area (Å²) in [5.41, 5.74) is -3.37. The van der Waals surface area contributed by atoms with Crippen LogP contribution in [0, 0.1) is 11.3 Å². The number of alkyl halides is 3. The minimum absolute atomic E-state index is 0.00886. The van der Waals surface area contributed by atoms with Gasteiger partial charge in [-0.05, 0) is 19.4 Å². The molecule has 0 fully saturated rings. The summed E-state index contributed by atoms with van der Waals surface area (Å²) < 4.78 is 67.5. The maximum atomic E-state index is 12.8. The first-order chi connectivity index (χ1) is 9.58. The van der Waals surface area contributed by atoms with Gasteiger partial charge < -0.3 is 9.84 Å². The fourth-order valence-corrected chi connectivity index (χ4v) is 2.25. The van der Waals surface area contributed by atoms with Crippen LogP contribution in [0.15, 0.2) is 12.3 Å². The van der Waals surface area contributed by atoms with E-state index in [1.165, 1.54) is 6.92 Å². The highest BCUT2D eigenvalue weighted by molar-refractivity contribution is 7.89. The molecule has 0 rings (SSSR count). The van der Waals surface area contributed by atoms with E-state index in [0.717, 1.165) is 0 Å². The monoisotopic (exact) mass is 330 g/mol. The third-order valence-corrected chi connectivity index (χ3v) is 3.77. The van der Waals surface area contributed by atoms with E-state index in [1.54, 1.807) is 10.8 Å². The molecular weight excluding hydrogens is 313 g/mol. The fraction of sp³-hybridized carbons (Fsp3) is 0.727. The van der Waals surface area contributed by atoms with E-state index >= 15 is 0 Å². The van der Waals surface area contributed by atoms with Crippen molar-refractivity contribution in [2.45, 2.75) is 31.5 Å². The first kappa shape index (κ1) is 19.7. The van der Waals surface area contributed by atoms with Gasteiger partial charge in [0.15, 0.2) is 5.60 Å². The highest BCUT2D eigenvalue weighted by atomic mass is 32.2. The zero-order valence-corrected chi connectivity index (χ0v) is 12.2. The zero-order chi connectivity index (χ0) is 16.6. The van der Waals surface area contributed by atoms with Crippen molar-refractivity contribution in [3.8, 4) is 6.07 Å². The van der Waals surface area contributed by atoms with Crippen LogP contribution >= 0.6 is 0 Å². The van der Waals surface area contributed by atoms with E-state index in [0.29, 0.717) is 12.3 Å². The highest BCUT2D eigenvalue weighted by Crippen LogP contribution is 2.31. The summed E-state index contributed by atoms with van der Waals surface area (Å²) in [7, 11) is -4.01. The number of sulfonamides is 1. The van der Waals surface area contributed by atoms with Crippen molar-refractivity contribution in [1.29, 1.82) is 5.26 Å². The van der Waals surface area contributed by atoms with Crippen LogP contribution in [0.1, 0.15) is 19.8 Å². The molecule has 0 bridgehead atoms. The minimum atomic E-state index is -5.07. The van der Waals surface area contributed by atoms with Crippen molar-refractivity contribution in [1.82, 2.24) is 4.72 Å². The van der Waals surface area contributed by atoms with E-state index < -0.39 is 34.1 Å². The second-order valence-electron chi connectivity index (χ2n) is 4.08. The van der Waals surface area contributed by atoms with Crippen LogP contribution in [0.4, 0.5) is 13.2 Å². The molecule has 1 unspecified atom stereocenters. The van der Waals surface area contributed by atoms with Crippen LogP contribution in [0.25, 0.3) is 0 Å². The van der Waals surface area contributed by atoms with Crippen LogP contribution in [0.2, 0.25) is 0 Å². The molecule has 6 nitrogen and oxygen atoms in total. The van der Waals surface area contributed by atoms with Crippen molar-refractivity contribution >= 4 is 10.0 Å². The Morgan fingerprint density at radius 2 is 2.05 bits per heavy atom. The lowest BCUT2D eigenvalue weighted by atomic mass is 10.0. The standard InChI is InChI=1S/C11H17F3N2O4S/c1-2-20-7-5-10(17,11(12,13)14)9-16-21(18,19)8-4-3-6-15/h5,7,16-17H,2-4,8-9H2,1H3/b7-5+. The predicted molar refractivity (Wildman–Crippen MR) is 68.4 cm³/mol. The van der Waals surface area contributed by atoms with Crippen LogP contribution in [-0.4, -0.2) is 44.2 Å². The molecule has 0 aliphatic rings. The van der Waals surface area contributed by atoms with Crippen LogP contribution in [-0.2, 0) is 14.8 Å². The molecule has 0 saturated heterocycles. The molecule has 0 aliphatic heterocycles. The average molecular weight is 330 g/mol. The van der Waals surface area contributed by atoms with Crippen molar-refractivity contribution in [2.75, 3.05) is 18.9 Å². The maximum absolute atomic E-state index is 12.8. The quantitative estimate of drug-likeness (QED) is 0.486. The molecule has 2 N–H and O–H groups in total. The van der Waals surface area contributed by atoms with Gasteiger partial charge in [0.2, 0.25) is 10.0 Å². The summed E-state index contributed by atoms with van der Waals surface area (Å²) in [6, 6.07) is 1.72. The number of hydrogen-bond donors (Lipinski definition) is 2. The maximum Gasteiger partial charge on any atom is 0.422 e. The summed E-state index contributed by atoms with van der Waals surface area (Å²) in [4.78, 5) is 0. The number of hydrogen-bond acceptors (Lipinski definition) is 5. The smallest absolute Gasteiger partial charge is 0.422 e. The topological polar surface area (TPSA) is 99.4 Å². The lowest BCUT2D eigenvalue weighted by Gasteiger charge is -2.27. The average Bonchev–Trinajstić information content (AvgIpc) is 2.36. The summed E-state index contributed by atoms with van der Waals surface area (Å²) in [6.07, 6.45) is -4.11.